The van der Waals surface area contributed by atoms with E-state index in [0.29, 0.717) is 26.0 Å². The summed E-state index contributed by atoms with van der Waals surface area (Å²) < 4.78 is 10.2. The second-order valence-corrected chi connectivity index (χ2v) is 7.79. The number of halogens is 2. The Bertz CT molecular complexity index is 650. The van der Waals surface area contributed by atoms with Crippen LogP contribution in [0.15, 0.2) is 33.7 Å². The fraction of sp³-hybridized carbons (Fsp3) is 0.562. The van der Waals surface area contributed by atoms with Crippen LogP contribution in [0.1, 0.15) is 33.6 Å². The molecule has 0 aromatic carbocycles. The van der Waals surface area contributed by atoms with Gasteiger partial charge in [-0.05, 0) is 59.1 Å². The molecule has 0 aliphatic carbocycles. The SMILES string of the molecule is CC(C)(O)CCn1cc(Br)cn1.CCOC(=O)CCn1cc(Br)cn1. The highest BCUT2D eigenvalue weighted by atomic mass is 79.9. The maximum Gasteiger partial charge on any atom is 0.307 e. The largest absolute Gasteiger partial charge is 0.466 e. The lowest BCUT2D eigenvalue weighted by molar-refractivity contribution is -0.143. The maximum absolute atomic E-state index is 10.9. The molecule has 0 amide bonds. The van der Waals surface area contributed by atoms with E-state index in [9.17, 15) is 9.90 Å². The zero-order chi connectivity index (χ0) is 18.9. The monoisotopic (exact) mass is 478 g/mol. The first-order valence-electron chi connectivity index (χ1n) is 7.93. The molecular formula is C16H24Br2N4O3. The van der Waals surface area contributed by atoms with E-state index in [1.54, 1.807) is 37.8 Å². The summed E-state index contributed by atoms with van der Waals surface area (Å²) in [6, 6.07) is 0. The number of aliphatic hydroxyl groups is 1. The van der Waals surface area contributed by atoms with Crippen molar-refractivity contribution in [3.63, 3.8) is 0 Å². The second kappa shape index (κ2) is 10.7. The van der Waals surface area contributed by atoms with Crippen molar-refractivity contribution in [2.24, 2.45) is 0 Å². The summed E-state index contributed by atoms with van der Waals surface area (Å²) in [6.45, 7) is 7.13. The lowest BCUT2D eigenvalue weighted by Gasteiger charge is -2.16. The minimum atomic E-state index is -0.613. The van der Waals surface area contributed by atoms with Crippen molar-refractivity contribution in [2.75, 3.05) is 6.61 Å². The molecule has 7 nitrogen and oxygen atoms in total. The van der Waals surface area contributed by atoms with Crippen LogP contribution in [0, 0.1) is 0 Å². The van der Waals surface area contributed by atoms with Gasteiger partial charge < -0.3 is 9.84 Å². The molecule has 0 saturated heterocycles. The molecule has 2 aromatic rings. The zero-order valence-electron chi connectivity index (χ0n) is 14.7. The molecule has 0 fully saturated rings. The van der Waals surface area contributed by atoms with Crippen LogP contribution >= 0.6 is 31.9 Å². The predicted octanol–water partition coefficient (Wildman–Crippen LogP) is 3.41. The van der Waals surface area contributed by atoms with Gasteiger partial charge in [0, 0.05) is 18.9 Å². The van der Waals surface area contributed by atoms with E-state index in [2.05, 4.69) is 42.1 Å². The molecule has 0 aliphatic rings. The molecule has 0 aliphatic heterocycles. The van der Waals surface area contributed by atoms with Gasteiger partial charge >= 0.3 is 5.97 Å². The lowest BCUT2D eigenvalue weighted by atomic mass is 10.1. The third-order valence-electron chi connectivity index (χ3n) is 3.01. The molecule has 140 valence electrons. The Morgan fingerprint density at radius 1 is 1.16 bits per heavy atom. The highest BCUT2D eigenvalue weighted by Crippen LogP contribution is 2.11. The van der Waals surface area contributed by atoms with Crippen LogP contribution in [0.25, 0.3) is 0 Å². The van der Waals surface area contributed by atoms with Crippen molar-refractivity contribution in [3.8, 4) is 0 Å². The second-order valence-electron chi connectivity index (χ2n) is 5.96. The van der Waals surface area contributed by atoms with Crippen LogP contribution in [0.2, 0.25) is 0 Å². The molecule has 2 heterocycles. The van der Waals surface area contributed by atoms with Crippen molar-refractivity contribution in [1.82, 2.24) is 19.6 Å². The first-order valence-corrected chi connectivity index (χ1v) is 9.52. The number of rotatable bonds is 7. The van der Waals surface area contributed by atoms with Crippen LogP contribution in [0.3, 0.4) is 0 Å². The van der Waals surface area contributed by atoms with Crippen LogP contribution in [-0.2, 0) is 22.6 Å². The number of carbonyl (C=O) groups is 1. The Kier molecular flexibility index (Phi) is 9.37. The average molecular weight is 480 g/mol. The number of hydrogen-bond acceptors (Lipinski definition) is 5. The normalized spacial score (nSPS) is 11.0. The standard InChI is InChI=1S/C8H11BrN2O2.C8H13BrN2O/c1-2-13-8(12)3-4-11-6-7(9)5-10-11;1-8(2,12)3-4-11-6-7(9)5-10-11/h5-6H,2-4H2,1H3;5-6,12H,3-4H2,1-2H3. The number of aromatic nitrogens is 4. The van der Waals surface area contributed by atoms with E-state index in [4.69, 9.17) is 4.74 Å². The van der Waals surface area contributed by atoms with Gasteiger partial charge in [0.2, 0.25) is 0 Å². The van der Waals surface area contributed by atoms with Gasteiger partial charge in [0.25, 0.3) is 0 Å². The van der Waals surface area contributed by atoms with Gasteiger partial charge in [0.15, 0.2) is 0 Å². The molecule has 2 aromatic heterocycles. The highest BCUT2D eigenvalue weighted by molar-refractivity contribution is 9.10. The molecular weight excluding hydrogens is 456 g/mol. The minimum Gasteiger partial charge on any atom is -0.466 e. The van der Waals surface area contributed by atoms with Crippen LogP contribution in [0.5, 0.6) is 0 Å². The van der Waals surface area contributed by atoms with Crippen molar-refractivity contribution in [1.29, 1.82) is 0 Å². The summed E-state index contributed by atoms with van der Waals surface area (Å²) in [5, 5.41) is 17.5. The molecule has 9 heteroatoms. The first-order chi connectivity index (χ1) is 11.7. The summed E-state index contributed by atoms with van der Waals surface area (Å²) in [7, 11) is 0. The first kappa shape index (κ1) is 21.9. The van der Waals surface area contributed by atoms with Gasteiger partial charge in [0.1, 0.15) is 0 Å². The quantitative estimate of drug-likeness (QED) is 0.615. The Labute approximate surface area is 164 Å². The van der Waals surface area contributed by atoms with E-state index in [1.807, 2.05) is 17.1 Å². The van der Waals surface area contributed by atoms with Crippen LogP contribution in [-0.4, -0.2) is 42.8 Å². The van der Waals surface area contributed by atoms with Crippen molar-refractivity contribution in [2.45, 2.75) is 52.3 Å². The summed E-state index contributed by atoms with van der Waals surface area (Å²) >= 11 is 6.58. The molecule has 0 atom stereocenters. The van der Waals surface area contributed by atoms with Gasteiger partial charge in [-0.1, -0.05) is 0 Å². The molecule has 0 saturated carbocycles. The Balaban J connectivity index is 0.000000251. The summed E-state index contributed by atoms with van der Waals surface area (Å²) in [5.41, 5.74) is -0.613. The van der Waals surface area contributed by atoms with Crippen molar-refractivity contribution < 1.29 is 14.6 Å². The van der Waals surface area contributed by atoms with Crippen molar-refractivity contribution in [3.05, 3.63) is 33.7 Å². The number of nitrogens with zero attached hydrogens (tertiary/aromatic N) is 4. The topological polar surface area (TPSA) is 82.2 Å². The lowest BCUT2D eigenvalue weighted by Crippen LogP contribution is -2.21. The molecule has 25 heavy (non-hydrogen) atoms. The number of hydrogen-bond donors (Lipinski definition) is 1. The van der Waals surface area contributed by atoms with Gasteiger partial charge in [0.05, 0.1) is 46.5 Å². The Morgan fingerprint density at radius 3 is 2.08 bits per heavy atom. The van der Waals surface area contributed by atoms with Crippen LogP contribution < -0.4 is 0 Å². The average Bonchev–Trinajstić information content (AvgIpc) is 3.12. The van der Waals surface area contributed by atoms with E-state index in [0.717, 1.165) is 15.5 Å². The van der Waals surface area contributed by atoms with Crippen molar-refractivity contribution >= 4 is 37.8 Å². The minimum absolute atomic E-state index is 0.186. The molecule has 0 bridgehead atoms. The third-order valence-corrected chi connectivity index (χ3v) is 3.83. The maximum atomic E-state index is 10.9. The Hall–Kier alpha value is -1.19. The molecule has 1 N–H and O–H groups in total. The smallest absolute Gasteiger partial charge is 0.307 e. The number of ether oxygens (including phenoxy) is 1. The third kappa shape index (κ3) is 10.4. The summed E-state index contributed by atoms with van der Waals surface area (Å²) in [5.74, 6) is -0.186. The van der Waals surface area contributed by atoms with E-state index >= 15 is 0 Å². The van der Waals surface area contributed by atoms with Gasteiger partial charge in [-0.3, -0.25) is 14.2 Å². The molecule has 0 spiro atoms. The fourth-order valence-corrected chi connectivity index (χ4v) is 2.40. The number of esters is 1. The highest BCUT2D eigenvalue weighted by Gasteiger charge is 2.12. The molecule has 0 radical (unpaired) electrons. The van der Waals surface area contributed by atoms with E-state index in [-0.39, 0.29) is 5.97 Å². The fourth-order valence-electron chi connectivity index (χ4n) is 1.75. The van der Waals surface area contributed by atoms with Gasteiger partial charge in [-0.15, -0.1) is 0 Å². The summed E-state index contributed by atoms with van der Waals surface area (Å²) in [4.78, 5) is 10.9. The van der Waals surface area contributed by atoms with Gasteiger partial charge in [-0.25, -0.2) is 0 Å². The zero-order valence-corrected chi connectivity index (χ0v) is 17.8. The predicted molar refractivity (Wildman–Crippen MR) is 102 cm³/mol. The number of carbonyl (C=O) groups excluding carboxylic acids is 1. The van der Waals surface area contributed by atoms with Crippen LogP contribution in [0.4, 0.5) is 0 Å². The van der Waals surface area contributed by atoms with Gasteiger partial charge in [-0.2, -0.15) is 10.2 Å². The summed E-state index contributed by atoms with van der Waals surface area (Å²) in [6.07, 6.45) is 8.21. The van der Waals surface area contributed by atoms with E-state index in [1.165, 1.54) is 0 Å². The molecule has 0 unspecified atom stereocenters. The molecule has 2 rings (SSSR count). The number of aryl methyl sites for hydroxylation is 2. The Morgan fingerprint density at radius 2 is 1.68 bits per heavy atom. The van der Waals surface area contributed by atoms with E-state index < -0.39 is 5.60 Å².